The fourth-order valence-electron chi connectivity index (χ4n) is 2.16. The zero-order valence-corrected chi connectivity index (χ0v) is 11.5. The molecule has 8 heteroatoms. The van der Waals surface area contributed by atoms with Crippen molar-refractivity contribution in [2.45, 2.75) is 25.3 Å². The van der Waals surface area contributed by atoms with E-state index in [9.17, 15) is 9.59 Å². The SMILES string of the molecule is CCCC1C(=O)OC(=O)C1[Si](OC)(OC)OC.[SiH4]. The molecule has 1 aliphatic rings. The van der Waals surface area contributed by atoms with E-state index in [1.807, 2.05) is 6.92 Å². The smallest absolute Gasteiger partial charge is 0.393 e. The molecule has 0 aromatic carbocycles. The molecule has 2 unspecified atom stereocenters. The number of carbonyl (C=O) groups is 2. The Balaban J connectivity index is 0.00000289. The highest BCUT2D eigenvalue weighted by Gasteiger charge is 2.62. The summed E-state index contributed by atoms with van der Waals surface area (Å²) >= 11 is 0. The standard InChI is InChI=1S/C10H18O6Si.H4Si/c1-5-6-7-8(10(12)16-9(7)11)17(13-2,14-3)15-4;/h7-8H,5-6H2,1-4H3;1H4. The van der Waals surface area contributed by atoms with E-state index in [1.54, 1.807) is 0 Å². The van der Waals surface area contributed by atoms with E-state index >= 15 is 0 Å². The molecule has 0 aromatic heterocycles. The number of esters is 2. The first kappa shape index (κ1) is 17.5. The molecule has 1 saturated heterocycles. The van der Waals surface area contributed by atoms with Crippen molar-refractivity contribution in [3.63, 3.8) is 0 Å². The lowest BCUT2D eigenvalue weighted by molar-refractivity contribution is -0.153. The summed E-state index contributed by atoms with van der Waals surface area (Å²) < 4.78 is 20.4. The maximum atomic E-state index is 11.7. The number of cyclic esters (lactones) is 2. The molecule has 2 atom stereocenters. The van der Waals surface area contributed by atoms with Gasteiger partial charge in [0, 0.05) is 21.3 Å². The Bertz CT molecular complexity index is 296. The zero-order valence-electron chi connectivity index (χ0n) is 10.5. The van der Waals surface area contributed by atoms with Crippen molar-refractivity contribution in [1.29, 1.82) is 0 Å². The van der Waals surface area contributed by atoms with Gasteiger partial charge < -0.3 is 18.0 Å². The van der Waals surface area contributed by atoms with Gasteiger partial charge in [-0.15, -0.1) is 0 Å². The van der Waals surface area contributed by atoms with Gasteiger partial charge in [0.15, 0.2) is 0 Å². The molecule has 0 bridgehead atoms. The third-order valence-electron chi connectivity index (χ3n) is 2.99. The fraction of sp³-hybridized carbons (Fsp3) is 0.800. The maximum absolute atomic E-state index is 11.7. The van der Waals surface area contributed by atoms with Gasteiger partial charge in [-0.25, -0.2) is 0 Å². The van der Waals surface area contributed by atoms with E-state index in [-0.39, 0.29) is 11.0 Å². The molecule has 1 fully saturated rings. The van der Waals surface area contributed by atoms with Gasteiger partial charge in [0.1, 0.15) is 5.54 Å². The van der Waals surface area contributed by atoms with Gasteiger partial charge in [-0.3, -0.25) is 9.59 Å². The number of ether oxygens (including phenoxy) is 1. The van der Waals surface area contributed by atoms with Crippen LogP contribution in [0.3, 0.4) is 0 Å². The van der Waals surface area contributed by atoms with Crippen molar-refractivity contribution >= 4 is 31.7 Å². The summed E-state index contributed by atoms with van der Waals surface area (Å²) in [5.74, 6) is -1.64. The molecule has 1 rings (SSSR count). The average molecular weight is 294 g/mol. The third-order valence-corrected chi connectivity index (χ3v) is 6.10. The second kappa shape index (κ2) is 7.14. The fourth-order valence-corrected chi connectivity index (χ4v) is 4.56. The van der Waals surface area contributed by atoms with Crippen molar-refractivity contribution in [3.8, 4) is 0 Å². The molecular formula is C10H22O6Si2. The second-order valence-electron chi connectivity index (χ2n) is 3.83. The van der Waals surface area contributed by atoms with Gasteiger partial charge in [-0.1, -0.05) is 13.3 Å². The van der Waals surface area contributed by atoms with Crippen LogP contribution in [0.4, 0.5) is 0 Å². The Morgan fingerprint density at radius 2 is 1.61 bits per heavy atom. The van der Waals surface area contributed by atoms with E-state index in [0.29, 0.717) is 6.42 Å². The summed E-state index contributed by atoms with van der Waals surface area (Å²) in [4.78, 5) is 23.3. The lowest BCUT2D eigenvalue weighted by Gasteiger charge is -2.29. The minimum atomic E-state index is -3.18. The van der Waals surface area contributed by atoms with Gasteiger partial charge in [0.25, 0.3) is 0 Å². The predicted molar refractivity (Wildman–Crippen MR) is 71.4 cm³/mol. The second-order valence-corrected chi connectivity index (χ2v) is 6.88. The average Bonchev–Trinajstić information content (AvgIpc) is 2.60. The molecule has 0 aliphatic carbocycles. The molecule has 0 aromatic rings. The van der Waals surface area contributed by atoms with E-state index in [1.165, 1.54) is 21.3 Å². The van der Waals surface area contributed by atoms with Crippen molar-refractivity contribution < 1.29 is 27.6 Å². The highest BCUT2D eigenvalue weighted by Crippen LogP contribution is 2.40. The topological polar surface area (TPSA) is 71.1 Å². The molecule has 1 heterocycles. The first-order chi connectivity index (χ1) is 8.06. The summed E-state index contributed by atoms with van der Waals surface area (Å²) in [5.41, 5.74) is -0.755. The van der Waals surface area contributed by atoms with Gasteiger partial charge >= 0.3 is 20.7 Å². The number of hydrogen-bond acceptors (Lipinski definition) is 6. The van der Waals surface area contributed by atoms with E-state index in [0.717, 1.165) is 6.42 Å². The van der Waals surface area contributed by atoms with Crippen molar-refractivity contribution in [2.24, 2.45) is 5.92 Å². The first-order valence-electron chi connectivity index (χ1n) is 5.47. The van der Waals surface area contributed by atoms with Crippen LogP contribution in [0.25, 0.3) is 0 Å². The predicted octanol–water partition coefficient (Wildman–Crippen LogP) is -0.717. The number of rotatable bonds is 6. The van der Waals surface area contributed by atoms with Crippen LogP contribution in [0, 0.1) is 5.92 Å². The normalized spacial score (nSPS) is 23.8. The van der Waals surface area contributed by atoms with Gasteiger partial charge in [-0.2, -0.15) is 0 Å². The van der Waals surface area contributed by atoms with Crippen LogP contribution in [0.1, 0.15) is 19.8 Å². The summed E-state index contributed by atoms with van der Waals surface area (Å²) in [5, 5.41) is 0. The molecular weight excluding hydrogens is 272 g/mol. The molecule has 106 valence electrons. The van der Waals surface area contributed by atoms with E-state index < -0.39 is 32.2 Å². The highest BCUT2D eigenvalue weighted by atomic mass is 28.4. The quantitative estimate of drug-likeness (QED) is 0.366. The lowest BCUT2D eigenvalue weighted by atomic mass is 10.0. The Kier molecular flexibility index (Phi) is 6.93. The third kappa shape index (κ3) is 2.88. The Labute approximate surface area is 112 Å². The Morgan fingerprint density at radius 3 is 2.00 bits per heavy atom. The summed E-state index contributed by atoms with van der Waals surface area (Å²) in [6.07, 6.45) is 1.32. The largest absolute Gasteiger partial charge is 0.515 e. The molecule has 0 saturated carbocycles. The molecule has 0 radical (unpaired) electrons. The van der Waals surface area contributed by atoms with Gasteiger partial charge in [0.05, 0.1) is 5.92 Å². The molecule has 0 spiro atoms. The molecule has 18 heavy (non-hydrogen) atoms. The maximum Gasteiger partial charge on any atom is 0.515 e. The van der Waals surface area contributed by atoms with Gasteiger partial charge in [0.2, 0.25) is 0 Å². The van der Waals surface area contributed by atoms with Crippen molar-refractivity contribution in [2.75, 3.05) is 21.3 Å². The summed E-state index contributed by atoms with van der Waals surface area (Å²) in [7, 11) is 1.06. The number of hydrogen-bond donors (Lipinski definition) is 0. The van der Waals surface area contributed by atoms with Crippen LogP contribution >= 0.6 is 0 Å². The summed E-state index contributed by atoms with van der Waals surface area (Å²) in [6, 6.07) is 0. The molecule has 1 aliphatic heterocycles. The van der Waals surface area contributed by atoms with Gasteiger partial charge in [-0.05, 0) is 17.4 Å². The van der Waals surface area contributed by atoms with E-state index in [2.05, 4.69) is 4.74 Å². The molecule has 0 amide bonds. The lowest BCUT2D eigenvalue weighted by Crippen LogP contribution is -2.51. The Morgan fingerprint density at radius 1 is 1.11 bits per heavy atom. The molecule has 6 nitrogen and oxygen atoms in total. The monoisotopic (exact) mass is 294 g/mol. The van der Waals surface area contributed by atoms with E-state index in [4.69, 9.17) is 13.3 Å². The zero-order chi connectivity index (χ0) is 13.1. The minimum Gasteiger partial charge on any atom is -0.393 e. The van der Waals surface area contributed by atoms with Crippen LogP contribution in [0.2, 0.25) is 5.54 Å². The molecule has 0 N–H and O–H groups in total. The van der Waals surface area contributed by atoms with Crippen LogP contribution in [-0.2, 0) is 27.6 Å². The summed E-state index contributed by atoms with van der Waals surface area (Å²) in [6.45, 7) is 1.93. The first-order valence-corrected chi connectivity index (χ1v) is 7.27. The van der Waals surface area contributed by atoms with Crippen LogP contribution in [-0.4, -0.2) is 53.0 Å². The number of carbonyl (C=O) groups excluding carboxylic acids is 2. The minimum absolute atomic E-state index is 0. The highest BCUT2D eigenvalue weighted by molar-refractivity contribution is 6.67. The van der Waals surface area contributed by atoms with Crippen LogP contribution in [0.15, 0.2) is 0 Å². The van der Waals surface area contributed by atoms with Crippen molar-refractivity contribution in [3.05, 3.63) is 0 Å². The van der Waals surface area contributed by atoms with Crippen LogP contribution < -0.4 is 0 Å². The van der Waals surface area contributed by atoms with Crippen molar-refractivity contribution in [1.82, 2.24) is 0 Å². The van der Waals surface area contributed by atoms with Crippen LogP contribution in [0.5, 0.6) is 0 Å². The Hall–Kier alpha value is -0.546.